The molecule has 1 heterocycles. The van der Waals surface area contributed by atoms with E-state index in [9.17, 15) is 0 Å². The Morgan fingerprint density at radius 2 is 2.06 bits per heavy atom. The fraction of sp³-hybridized carbons (Fsp3) is 0.385. The first kappa shape index (κ1) is 12.7. The largest absolute Gasteiger partial charge is 0.421 e. The average molecular weight is 247 g/mol. The van der Waals surface area contributed by atoms with Gasteiger partial charge in [0.1, 0.15) is 12.6 Å². The molecule has 2 aromatic rings. The predicted molar refractivity (Wildman–Crippen MR) is 67.0 cm³/mol. The Bertz CT molecular complexity index is 470. The molecule has 0 amide bonds. The topological polar surface area (TPSA) is 60.2 Å². The minimum Gasteiger partial charge on any atom is -0.421 e. The second-order valence-electron chi connectivity index (χ2n) is 3.80. The van der Waals surface area contributed by atoms with Gasteiger partial charge in [0.2, 0.25) is 11.8 Å². The normalized spacial score (nSPS) is 12.6. The monoisotopic (exact) mass is 247 g/mol. The molecule has 0 bridgehead atoms. The maximum Gasteiger partial charge on any atom is 0.242 e. The van der Waals surface area contributed by atoms with E-state index in [2.05, 4.69) is 15.5 Å². The molecule has 1 aromatic carbocycles. The number of nitrogens with zero attached hydrogens (tertiary/aromatic N) is 2. The molecule has 18 heavy (non-hydrogen) atoms. The lowest BCUT2D eigenvalue weighted by atomic mass is 10.1. The molecule has 2 rings (SSSR count). The Balaban J connectivity index is 2.15. The van der Waals surface area contributed by atoms with Crippen molar-refractivity contribution in [1.82, 2.24) is 15.5 Å². The van der Waals surface area contributed by atoms with Crippen LogP contribution in [-0.2, 0) is 11.3 Å². The quantitative estimate of drug-likeness (QED) is 0.845. The number of hydrogen-bond acceptors (Lipinski definition) is 5. The number of rotatable bonds is 6. The minimum absolute atomic E-state index is 0.0888. The van der Waals surface area contributed by atoms with Gasteiger partial charge in [-0.05, 0) is 19.5 Å². The molecule has 0 radical (unpaired) electrons. The van der Waals surface area contributed by atoms with Crippen LogP contribution in [0.15, 0.2) is 34.7 Å². The van der Waals surface area contributed by atoms with Crippen molar-refractivity contribution in [2.75, 3.05) is 13.7 Å². The highest BCUT2D eigenvalue weighted by atomic mass is 16.5. The molecule has 96 valence electrons. The lowest BCUT2D eigenvalue weighted by molar-refractivity contribution is 0.113. The number of ether oxygens (including phenoxy) is 1. The number of benzene rings is 1. The van der Waals surface area contributed by atoms with Gasteiger partial charge in [-0.15, -0.1) is 10.2 Å². The summed E-state index contributed by atoms with van der Waals surface area (Å²) in [5, 5.41) is 11.2. The summed E-state index contributed by atoms with van der Waals surface area (Å²) in [4.78, 5) is 0. The summed E-state index contributed by atoms with van der Waals surface area (Å²) in [5.74, 6) is 1.06. The van der Waals surface area contributed by atoms with E-state index in [0.717, 1.165) is 5.56 Å². The molecule has 0 aliphatic heterocycles. The van der Waals surface area contributed by atoms with Crippen molar-refractivity contribution in [3.63, 3.8) is 0 Å². The molecular weight excluding hydrogens is 230 g/mol. The fourth-order valence-corrected chi connectivity index (χ4v) is 1.71. The van der Waals surface area contributed by atoms with Crippen LogP contribution >= 0.6 is 0 Å². The van der Waals surface area contributed by atoms with Gasteiger partial charge >= 0.3 is 0 Å². The molecule has 0 aliphatic rings. The van der Waals surface area contributed by atoms with Gasteiger partial charge < -0.3 is 14.5 Å². The highest BCUT2D eigenvalue weighted by molar-refractivity contribution is 5.23. The van der Waals surface area contributed by atoms with Crippen LogP contribution in [0, 0.1) is 0 Å². The predicted octanol–water partition coefficient (Wildman–Crippen LogP) is 1.91. The maximum absolute atomic E-state index is 5.58. The number of aromatic nitrogens is 2. The molecule has 5 heteroatoms. The van der Waals surface area contributed by atoms with E-state index in [-0.39, 0.29) is 6.04 Å². The van der Waals surface area contributed by atoms with Gasteiger partial charge in [0.25, 0.3) is 0 Å². The van der Waals surface area contributed by atoms with Crippen molar-refractivity contribution >= 4 is 0 Å². The van der Waals surface area contributed by atoms with Gasteiger partial charge in [-0.2, -0.15) is 0 Å². The van der Waals surface area contributed by atoms with Gasteiger partial charge in [-0.25, -0.2) is 0 Å². The van der Waals surface area contributed by atoms with Gasteiger partial charge in [0.15, 0.2) is 0 Å². The van der Waals surface area contributed by atoms with E-state index in [1.165, 1.54) is 0 Å². The second kappa shape index (κ2) is 6.28. The summed E-state index contributed by atoms with van der Waals surface area (Å²) in [5.41, 5.74) is 1.09. The van der Waals surface area contributed by atoms with Crippen molar-refractivity contribution in [3.8, 4) is 0 Å². The second-order valence-corrected chi connectivity index (χ2v) is 3.80. The SMILES string of the molecule is CCOCc1nnc(C(NC)c2ccccc2)o1. The third-order valence-electron chi connectivity index (χ3n) is 2.58. The van der Waals surface area contributed by atoms with Crippen molar-refractivity contribution < 1.29 is 9.15 Å². The third kappa shape index (κ3) is 2.94. The number of hydrogen-bond donors (Lipinski definition) is 1. The first-order chi connectivity index (χ1) is 8.85. The third-order valence-corrected chi connectivity index (χ3v) is 2.58. The van der Waals surface area contributed by atoms with E-state index in [0.29, 0.717) is 25.0 Å². The van der Waals surface area contributed by atoms with Crippen molar-refractivity contribution in [2.24, 2.45) is 0 Å². The highest BCUT2D eigenvalue weighted by Crippen LogP contribution is 2.20. The van der Waals surface area contributed by atoms with Crippen LogP contribution in [0.25, 0.3) is 0 Å². The molecule has 0 aliphatic carbocycles. The molecule has 0 saturated carbocycles. The maximum atomic E-state index is 5.58. The van der Waals surface area contributed by atoms with E-state index in [1.807, 2.05) is 44.3 Å². The zero-order valence-electron chi connectivity index (χ0n) is 10.6. The molecule has 1 unspecified atom stereocenters. The Morgan fingerprint density at radius 3 is 2.72 bits per heavy atom. The van der Waals surface area contributed by atoms with Crippen molar-refractivity contribution in [1.29, 1.82) is 0 Å². The van der Waals surface area contributed by atoms with Gasteiger partial charge in [-0.3, -0.25) is 0 Å². The van der Waals surface area contributed by atoms with Crippen LogP contribution in [0.2, 0.25) is 0 Å². The minimum atomic E-state index is -0.0888. The summed E-state index contributed by atoms with van der Waals surface area (Å²) in [6.45, 7) is 2.91. The number of nitrogens with one attached hydrogen (secondary N) is 1. The Labute approximate surface area is 106 Å². The lowest BCUT2D eigenvalue weighted by Crippen LogP contribution is -2.17. The lowest BCUT2D eigenvalue weighted by Gasteiger charge is -2.11. The van der Waals surface area contributed by atoms with Gasteiger partial charge in [-0.1, -0.05) is 30.3 Å². The Hall–Kier alpha value is -1.72. The van der Waals surface area contributed by atoms with Crippen LogP contribution < -0.4 is 5.32 Å². The van der Waals surface area contributed by atoms with Gasteiger partial charge in [0.05, 0.1) is 0 Å². The highest BCUT2D eigenvalue weighted by Gasteiger charge is 2.18. The van der Waals surface area contributed by atoms with Crippen molar-refractivity contribution in [3.05, 3.63) is 47.7 Å². The molecule has 0 spiro atoms. The van der Waals surface area contributed by atoms with Crippen LogP contribution in [0.3, 0.4) is 0 Å². The van der Waals surface area contributed by atoms with Crippen LogP contribution in [0.4, 0.5) is 0 Å². The van der Waals surface area contributed by atoms with E-state index in [1.54, 1.807) is 0 Å². The first-order valence-corrected chi connectivity index (χ1v) is 5.97. The molecule has 1 aromatic heterocycles. The summed E-state index contributed by atoms with van der Waals surface area (Å²) in [7, 11) is 1.87. The summed E-state index contributed by atoms with van der Waals surface area (Å²) in [6, 6.07) is 9.90. The summed E-state index contributed by atoms with van der Waals surface area (Å²) >= 11 is 0. The molecular formula is C13H17N3O2. The summed E-state index contributed by atoms with van der Waals surface area (Å²) in [6.07, 6.45) is 0. The zero-order chi connectivity index (χ0) is 12.8. The molecule has 0 fully saturated rings. The molecule has 1 N–H and O–H groups in total. The Kier molecular flexibility index (Phi) is 4.44. The standard InChI is InChI=1S/C13H17N3O2/c1-3-17-9-11-15-16-13(18-11)12(14-2)10-7-5-4-6-8-10/h4-8,12,14H,3,9H2,1-2H3. The zero-order valence-corrected chi connectivity index (χ0v) is 10.6. The average Bonchev–Trinajstić information content (AvgIpc) is 2.87. The van der Waals surface area contributed by atoms with Crippen LogP contribution in [0.1, 0.15) is 30.3 Å². The smallest absolute Gasteiger partial charge is 0.242 e. The van der Waals surface area contributed by atoms with Crippen molar-refractivity contribution in [2.45, 2.75) is 19.6 Å². The van der Waals surface area contributed by atoms with E-state index < -0.39 is 0 Å². The molecule has 0 saturated heterocycles. The van der Waals surface area contributed by atoms with Crippen LogP contribution in [-0.4, -0.2) is 23.9 Å². The fourth-order valence-electron chi connectivity index (χ4n) is 1.71. The summed E-state index contributed by atoms with van der Waals surface area (Å²) < 4.78 is 10.8. The molecule has 1 atom stereocenters. The van der Waals surface area contributed by atoms with Crippen LogP contribution in [0.5, 0.6) is 0 Å². The van der Waals surface area contributed by atoms with Gasteiger partial charge in [0, 0.05) is 6.61 Å². The first-order valence-electron chi connectivity index (χ1n) is 5.97. The van der Waals surface area contributed by atoms with E-state index >= 15 is 0 Å². The van der Waals surface area contributed by atoms with E-state index in [4.69, 9.17) is 9.15 Å². The molecule has 5 nitrogen and oxygen atoms in total. The Morgan fingerprint density at radius 1 is 1.28 bits per heavy atom.